The molecule has 164 valence electrons. The Morgan fingerprint density at radius 3 is 2.31 bits per heavy atom. The first-order valence-electron chi connectivity index (χ1n) is 11.6. The van der Waals surface area contributed by atoms with Gasteiger partial charge in [-0.2, -0.15) is 5.26 Å². The second-order valence-corrected chi connectivity index (χ2v) is 9.95. The zero-order valence-corrected chi connectivity index (χ0v) is 19.2. The van der Waals surface area contributed by atoms with Crippen LogP contribution in [-0.2, 0) is 9.53 Å². The number of fused-ring (bicyclic) bond motifs is 3. The lowest BCUT2D eigenvalue weighted by Crippen LogP contribution is -2.47. The van der Waals surface area contributed by atoms with Gasteiger partial charge in [0.1, 0.15) is 4.84 Å². The van der Waals surface area contributed by atoms with Crippen molar-refractivity contribution in [2.24, 2.45) is 17.8 Å². The lowest BCUT2D eigenvalue weighted by atomic mass is 9.73. The standard InChI is InChI=1S/C24H37Cl2NO2/c1-2-3-4-5-6-7-8-11-18(17-27)12-9-10-13-21(28)23-19-14-15-22(29-23)20(16-19)24(25)26/h18-20,22,24H,1-16H2. The normalized spacial score (nSPS) is 25.3. The van der Waals surface area contributed by atoms with Crippen molar-refractivity contribution in [1.29, 1.82) is 5.26 Å². The molecule has 3 nitrogen and oxygen atoms in total. The zero-order chi connectivity index (χ0) is 21.1. The molecule has 4 unspecified atom stereocenters. The first kappa shape index (κ1) is 25.0. The molecular formula is C24H37Cl2NO2. The molecule has 4 atom stereocenters. The first-order valence-corrected chi connectivity index (χ1v) is 12.5. The molecule has 2 aliphatic heterocycles. The second kappa shape index (κ2) is 13.9. The molecule has 2 saturated heterocycles. The minimum Gasteiger partial charge on any atom is -0.360 e. The maximum absolute atomic E-state index is 12.6. The Kier molecular flexibility index (Phi) is 12.0. The SMILES string of the molecule is [CH2]CCCCCCCCC(C#N)CCCCC(=O)[C]1OC2CCC1CC2C(Cl)Cl. The minimum atomic E-state index is -0.420. The van der Waals surface area contributed by atoms with Gasteiger partial charge in [-0.25, -0.2) is 0 Å². The van der Waals surface area contributed by atoms with E-state index < -0.39 is 4.84 Å². The average Bonchev–Trinajstić information content (AvgIpc) is 2.74. The summed E-state index contributed by atoms with van der Waals surface area (Å²) in [6.07, 6.45) is 16.1. The van der Waals surface area contributed by atoms with E-state index in [0.717, 1.165) is 57.8 Å². The molecule has 29 heavy (non-hydrogen) atoms. The largest absolute Gasteiger partial charge is 0.360 e. The van der Waals surface area contributed by atoms with Crippen molar-refractivity contribution < 1.29 is 9.53 Å². The van der Waals surface area contributed by atoms with Crippen LogP contribution in [0.25, 0.3) is 0 Å². The van der Waals surface area contributed by atoms with Crippen molar-refractivity contribution in [3.63, 3.8) is 0 Å². The van der Waals surface area contributed by atoms with Gasteiger partial charge in [0.05, 0.1) is 12.2 Å². The van der Waals surface area contributed by atoms with Gasteiger partial charge in [0.15, 0.2) is 11.9 Å². The van der Waals surface area contributed by atoms with Crippen molar-refractivity contribution >= 4 is 29.0 Å². The van der Waals surface area contributed by atoms with E-state index in [1.165, 1.54) is 32.1 Å². The van der Waals surface area contributed by atoms with Crippen LogP contribution in [0.15, 0.2) is 0 Å². The Balaban J connectivity index is 1.56. The Hall–Kier alpha value is -0.300. The highest BCUT2D eigenvalue weighted by molar-refractivity contribution is 6.44. The van der Waals surface area contributed by atoms with Crippen LogP contribution in [0.2, 0.25) is 0 Å². The quantitative estimate of drug-likeness (QED) is 0.197. The molecule has 0 amide bonds. The van der Waals surface area contributed by atoms with Crippen LogP contribution in [0, 0.1) is 42.1 Å². The molecule has 0 spiro atoms. The van der Waals surface area contributed by atoms with Crippen LogP contribution in [0.1, 0.15) is 96.3 Å². The number of hydrogen-bond acceptors (Lipinski definition) is 3. The minimum absolute atomic E-state index is 0.000517. The van der Waals surface area contributed by atoms with Gasteiger partial charge in [-0.05, 0) is 44.4 Å². The molecule has 0 aromatic rings. The van der Waals surface area contributed by atoms with Gasteiger partial charge in [-0.1, -0.05) is 58.3 Å². The fourth-order valence-electron chi connectivity index (χ4n) is 4.73. The van der Waals surface area contributed by atoms with Crippen LogP contribution < -0.4 is 0 Å². The number of halogens is 2. The summed E-state index contributed by atoms with van der Waals surface area (Å²) in [5.74, 6) is 0.617. The summed E-state index contributed by atoms with van der Waals surface area (Å²) in [7, 11) is 0. The van der Waals surface area contributed by atoms with Crippen molar-refractivity contribution in [1.82, 2.24) is 0 Å². The molecule has 5 heteroatoms. The number of Topliss-reactive ketones (excluding diaryl/α,β-unsaturated/α-hetero) is 1. The van der Waals surface area contributed by atoms with Crippen LogP contribution in [0.3, 0.4) is 0 Å². The molecule has 2 bridgehead atoms. The number of ketones is 1. The second-order valence-electron chi connectivity index (χ2n) is 8.79. The van der Waals surface area contributed by atoms with Gasteiger partial charge >= 0.3 is 0 Å². The number of unbranched alkanes of at least 4 members (excludes halogenated alkanes) is 7. The lowest BCUT2D eigenvalue weighted by molar-refractivity contribution is -0.141. The number of rotatable bonds is 15. The molecule has 1 aliphatic carbocycles. The van der Waals surface area contributed by atoms with E-state index in [9.17, 15) is 10.1 Å². The van der Waals surface area contributed by atoms with Crippen molar-refractivity contribution in [2.45, 2.75) is 107 Å². The fourth-order valence-corrected chi connectivity index (χ4v) is 5.26. The van der Waals surface area contributed by atoms with Crippen LogP contribution in [0.4, 0.5) is 0 Å². The maximum atomic E-state index is 12.6. The lowest BCUT2D eigenvalue weighted by Gasteiger charge is -2.46. The molecule has 2 heterocycles. The van der Waals surface area contributed by atoms with Gasteiger partial charge in [0.2, 0.25) is 0 Å². The van der Waals surface area contributed by atoms with Crippen LogP contribution >= 0.6 is 23.2 Å². The van der Waals surface area contributed by atoms with E-state index in [-0.39, 0.29) is 29.6 Å². The Morgan fingerprint density at radius 1 is 1.07 bits per heavy atom. The van der Waals surface area contributed by atoms with Gasteiger partial charge < -0.3 is 4.74 Å². The van der Waals surface area contributed by atoms with E-state index in [2.05, 4.69) is 13.0 Å². The first-order chi connectivity index (χ1) is 14.1. The summed E-state index contributed by atoms with van der Waals surface area (Å²) in [5, 5.41) is 9.38. The van der Waals surface area contributed by atoms with Gasteiger partial charge in [0, 0.05) is 18.3 Å². The van der Waals surface area contributed by atoms with Crippen molar-refractivity contribution in [2.75, 3.05) is 0 Å². The highest BCUT2D eigenvalue weighted by Gasteiger charge is 2.47. The Labute approximate surface area is 187 Å². The Morgan fingerprint density at radius 2 is 1.72 bits per heavy atom. The predicted molar refractivity (Wildman–Crippen MR) is 119 cm³/mol. The molecule has 3 fully saturated rings. The van der Waals surface area contributed by atoms with E-state index in [4.69, 9.17) is 27.9 Å². The number of carbonyl (C=O) groups is 1. The number of ether oxygens (including phenoxy) is 1. The number of nitriles is 1. The van der Waals surface area contributed by atoms with E-state index in [1.807, 2.05) is 0 Å². The average molecular weight is 442 g/mol. The molecule has 3 aliphatic rings. The van der Waals surface area contributed by atoms with Crippen molar-refractivity contribution in [3.8, 4) is 6.07 Å². The maximum Gasteiger partial charge on any atom is 0.168 e. The number of hydrogen-bond donors (Lipinski definition) is 0. The van der Waals surface area contributed by atoms with Crippen LogP contribution in [0.5, 0.6) is 0 Å². The fraction of sp³-hybridized carbons (Fsp3) is 0.833. The van der Waals surface area contributed by atoms with Crippen molar-refractivity contribution in [3.05, 3.63) is 13.0 Å². The molecule has 2 radical (unpaired) electrons. The third-order valence-electron chi connectivity index (χ3n) is 6.52. The number of alkyl halides is 2. The van der Waals surface area contributed by atoms with Gasteiger partial charge in [-0.15, -0.1) is 23.2 Å². The smallest absolute Gasteiger partial charge is 0.168 e. The summed E-state index contributed by atoms with van der Waals surface area (Å²) in [6.45, 7) is 3.87. The number of carbonyl (C=O) groups excluding carboxylic acids is 1. The molecule has 1 saturated carbocycles. The molecule has 0 aromatic carbocycles. The third-order valence-corrected chi connectivity index (χ3v) is 7.17. The van der Waals surface area contributed by atoms with Gasteiger partial charge in [-0.3, -0.25) is 4.79 Å². The van der Waals surface area contributed by atoms with E-state index in [0.29, 0.717) is 12.5 Å². The topological polar surface area (TPSA) is 50.1 Å². The summed E-state index contributed by atoms with van der Waals surface area (Å²) >= 11 is 12.1. The Bertz CT molecular complexity index is 520. The zero-order valence-electron chi connectivity index (χ0n) is 17.7. The monoisotopic (exact) mass is 441 g/mol. The third kappa shape index (κ3) is 8.39. The van der Waals surface area contributed by atoms with Crippen LogP contribution in [-0.4, -0.2) is 16.7 Å². The summed E-state index contributed by atoms with van der Waals surface area (Å²) < 4.78 is 5.96. The van der Waals surface area contributed by atoms with E-state index >= 15 is 0 Å². The molecular weight excluding hydrogens is 405 g/mol. The molecule has 0 N–H and O–H groups in total. The summed E-state index contributed by atoms with van der Waals surface area (Å²) in [6, 6.07) is 2.45. The molecule has 3 rings (SSSR count). The summed E-state index contributed by atoms with van der Waals surface area (Å²) in [4.78, 5) is 12.2. The highest BCUT2D eigenvalue weighted by atomic mass is 35.5. The predicted octanol–water partition coefficient (Wildman–Crippen LogP) is 7.36. The highest BCUT2D eigenvalue weighted by Crippen LogP contribution is 2.48. The summed E-state index contributed by atoms with van der Waals surface area (Å²) in [5.41, 5.74) is 0. The number of nitrogens with zero attached hydrogens (tertiary/aromatic N) is 1. The van der Waals surface area contributed by atoms with E-state index in [1.54, 1.807) is 0 Å². The van der Waals surface area contributed by atoms with Gasteiger partial charge in [0.25, 0.3) is 0 Å². The molecule has 0 aromatic heterocycles.